The van der Waals surface area contributed by atoms with Crippen molar-refractivity contribution in [2.45, 2.75) is 25.0 Å². The number of benzene rings is 3. The fraction of sp³-hybridized carbons (Fsp3) is 0.333. The highest BCUT2D eigenvalue weighted by Gasteiger charge is 2.40. The molecule has 1 heterocycles. The summed E-state index contributed by atoms with van der Waals surface area (Å²) in [6.45, 7) is -0.0667. The van der Waals surface area contributed by atoms with Gasteiger partial charge in [-0.3, -0.25) is 0 Å². The van der Waals surface area contributed by atoms with Gasteiger partial charge in [-0.1, -0.05) is 12.1 Å². The Labute approximate surface area is 204 Å². The summed E-state index contributed by atoms with van der Waals surface area (Å²) in [5.41, 5.74) is 2.82. The Morgan fingerprint density at radius 2 is 1.43 bits per heavy atom. The van der Waals surface area contributed by atoms with Crippen LogP contribution >= 0.6 is 0 Å². The van der Waals surface area contributed by atoms with Crippen molar-refractivity contribution < 1.29 is 38.6 Å². The van der Waals surface area contributed by atoms with Gasteiger partial charge in [-0.05, 0) is 65.9 Å². The number of hydrogen-bond donors (Lipinski definition) is 2. The number of epoxide rings is 1. The number of ether oxygens (including phenoxy) is 6. The summed E-state index contributed by atoms with van der Waals surface area (Å²) in [5, 5.41) is 20.2. The van der Waals surface area contributed by atoms with Crippen molar-refractivity contribution in [3.8, 4) is 40.2 Å². The van der Waals surface area contributed by atoms with E-state index >= 15 is 0 Å². The summed E-state index contributed by atoms with van der Waals surface area (Å²) in [6, 6.07) is 14.9. The van der Waals surface area contributed by atoms with Gasteiger partial charge < -0.3 is 38.6 Å². The Morgan fingerprint density at radius 1 is 0.771 bits per heavy atom. The smallest absolute Gasteiger partial charge is 0.211 e. The first-order chi connectivity index (χ1) is 17.0. The van der Waals surface area contributed by atoms with Crippen molar-refractivity contribution in [3.63, 3.8) is 0 Å². The van der Waals surface area contributed by atoms with E-state index in [2.05, 4.69) is 0 Å². The van der Waals surface area contributed by atoms with Crippen molar-refractivity contribution >= 4 is 0 Å². The molecule has 0 bridgehead atoms. The lowest BCUT2D eigenvalue weighted by atomic mass is 10.0. The Bertz CT molecular complexity index is 1150. The maximum absolute atomic E-state index is 10.8. The van der Waals surface area contributed by atoms with Gasteiger partial charge in [-0.2, -0.15) is 0 Å². The van der Waals surface area contributed by atoms with Gasteiger partial charge in [0.1, 0.15) is 18.0 Å². The number of hydrogen-bond acceptors (Lipinski definition) is 8. The van der Waals surface area contributed by atoms with Crippen LogP contribution in [0.25, 0.3) is 0 Å². The van der Waals surface area contributed by atoms with E-state index in [-0.39, 0.29) is 36.1 Å². The minimum absolute atomic E-state index is 0.0657. The molecular weight excluding hydrogens is 452 g/mol. The molecule has 2 atom stereocenters. The molecule has 8 nitrogen and oxygen atoms in total. The van der Waals surface area contributed by atoms with Crippen LogP contribution in [0.5, 0.6) is 40.2 Å². The van der Waals surface area contributed by atoms with Gasteiger partial charge in [0.25, 0.3) is 0 Å². The number of phenolic OH excluding ortho intramolecular Hbond substituents is 1. The van der Waals surface area contributed by atoms with E-state index in [0.717, 1.165) is 28.9 Å². The van der Waals surface area contributed by atoms with Gasteiger partial charge in [0.05, 0.1) is 35.0 Å². The van der Waals surface area contributed by atoms with E-state index in [0.29, 0.717) is 23.7 Å². The number of methoxy groups -OCH3 is 4. The van der Waals surface area contributed by atoms with E-state index in [1.54, 1.807) is 25.3 Å². The molecule has 3 aromatic rings. The van der Waals surface area contributed by atoms with Gasteiger partial charge in [0.15, 0.2) is 23.0 Å². The summed E-state index contributed by atoms with van der Waals surface area (Å²) < 4.78 is 33.5. The highest BCUT2D eigenvalue weighted by atomic mass is 16.6. The predicted molar refractivity (Wildman–Crippen MR) is 129 cm³/mol. The standard InChI is InChI=1S/C27H30O8/c1-30-19-7-5-6-16(10-19)8-9-17-11-20(29)26(21(12-17)31-2)35-27-22(32-3)13-18(14-23(27)33-4)25-24(15-28)34-25/h5-7,10-14,24-25,28-29H,8-9,15H2,1-4H3/t24-,25-/m1/s1. The molecule has 0 saturated carbocycles. The van der Waals surface area contributed by atoms with E-state index in [4.69, 9.17) is 28.4 Å². The van der Waals surface area contributed by atoms with Crippen LogP contribution in [-0.2, 0) is 17.6 Å². The van der Waals surface area contributed by atoms with Crippen LogP contribution in [-0.4, -0.2) is 51.4 Å². The molecular formula is C27H30O8. The van der Waals surface area contributed by atoms with E-state index in [9.17, 15) is 10.2 Å². The second kappa shape index (κ2) is 10.8. The molecule has 3 aromatic carbocycles. The highest BCUT2D eigenvalue weighted by molar-refractivity contribution is 5.61. The zero-order valence-corrected chi connectivity index (χ0v) is 20.2. The van der Waals surface area contributed by atoms with Gasteiger partial charge >= 0.3 is 0 Å². The zero-order valence-electron chi connectivity index (χ0n) is 20.2. The van der Waals surface area contributed by atoms with Crippen LogP contribution in [0.15, 0.2) is 48.5 Å². The molecule has 2 N–H and O–H groups in total. The number of phenols is 1. The number of aryl methyl sites for hydroxylation is 2. The molecule has 186 valence electrons. The van der Waals surface area contributed by atoms with Crippen LogP contribution < -0.4 is 23.7 Å². The molecule has 8 heteroatoms. The third kappa shape index (κ3) is 5.39. The Hall–Kier alpha value is -3.62. The predicted octanol–water partition coefficient (Wildman–Crippen LogP) is 4.44. The van der Waals surface area contributed by atoms with E-state index < -0.39 is 0 Å². The van der Waals surface area contributed by atoms with Crippen LogP contribution in [0, 0.1) is 0 Å². The molecule has 0 amide bonds. The summed E-state index contributed by atoms with van der Waals surface area (Å²) in [5.74, 6) is 2.36. The topological polar surface area (TPSA) is 99.1 Å². The summed E-state index contributed by atoms with van der Waals surface area (Å²) >= 11 is 0. The molecule has 0 radical (unpaired) electrons. The summed E-state index contributed by atoms with van der Waals surface area (Å²) in [6.07, 6.45) is 0.973. The van der Waals surface area contributed by atoms with Crippen molar-refractivity contribution in [2.75, 3.05) is 35.0 Å². The quantitative estimate of drug-likeness (QED) is 0.387. The molecule has 0 aromatic heterocycles. The highest BCUT2D eigenvalue weighted by Crippen LogP contribution is 2.50. The normalized spacial score (nSPS) is 16.5. The monoisotopic (exact) mass is 482 g/mol. The van der Waals surface area contributed by atoms with Crippen LogP contribution in [0.4, 0.5) is 0 Å². The fourth-order valence-electron chi connectivity index (χ4n) is 4.00. The number of rotatable bonds is 11. The third-order valence-electron chi connectivity index (χ3n) is 5.93. The van der Waals surface area contributed by atoms with Crippen molar-refractivity contribution in [2.24, 2.45) is 0 Å². The summed E-state index contributed by atoms with van der Waals surface area (Å²) in [7, 11) is 6.19. The van der Waals surface area contributed by atoms with Crippen molar-refractivity contribution in [1.29, 1.82) is 0 Å². The molecule has 1 aliphatic heterocycles. The number of aliphatic hydroxyl groups excluding tert-OH is 1. The van der Waals surface area contributed by atoms with Gasteiger partial charge in [-0.25, -0.2) is 0 Å². The molecule has 1 saturated heterocycles. The molecule has 0 aliphatic carbocycles. The maximum Gasteiger partial charge on any atom is 0.211 e. The van der Waals surface area contributed by atoms with Crippen molar-refractivity contribution in [1.82, 2.24) is 0 Å². The third-order valence-corrected chi connectivity index (χ3v) is 5.93. The Kier molecular flexibility index (Phi) is 7.53. The lowest BCUT2D eigenvalue weighted by Crippen LogP contribution is -2.00. The molecule has 1 aliphatic rings. The van der Waals surface area contributed by atoms with Crippen molar-refractivity contribution in [3.05, 3.63) is 65.2 Å². The average Bonchev–Trinajstić information content (AvgIpc) is 3.68. The average molecular weight is 483 g/mol. The van der Waals surface area contributed by atoms with Gasteiger partial charge in [0, 0.05) is 0 Å². The number of aliphatic hydroxyl groups is 1. The van der Waals surface area contributed by atoms with E-state index in [1.807, 2.05) is 30.3 Å². The maximum atomic E-state index is 10.8. The first kappa shape index (κ1) is 24.5. The molecule has 0 spiro atoms. The largest absolute Gasteiger partial charge is 0.504 e. The van der Waals surface area contributed by atoms with E-state index in [1.165, 1.54) is 21.3 Å². The van der Waals surface area contributed by atoms with Crippen LogP contribution in [0.3, 0.4) is 0 Å². The van der Waals surface area contributed by atoms with Gasteiger partial charge in [-0.15, -0.1) is 0 Å². The lowest BCUT2D eigenvalue weighted by Gasteiger charge is -2.18. The van der Waals surface area contributed by atoms with Gasteiger partial charge in [0.2, 0.25) is 11.5 Å². The molecule has 0 unspecified atom stereocenters. The summed E-state index contributed by atoms with van der Waals surface area (Å²) in [4.78, 5) is 0. The first-order valence-corrected chi connectivity index (χ1v) is 11.2. The minimum Gasteiger partial charge on any atom is -0.504 e. The lowest BCUT2D eigenvalue weighted by molar-refractivity contribution is 0.242. The molecule has 4 rings (SSSR count). The first-order valence-electron chi connectivity index (χ1n) is 11.2. The second-order valence-electron chi connectivity index (χ2n) is 8.13. The van der Waals surface area contributed by atoms with Crippen LogP contribution in [0.1, 0.15) is 22.8 Å². The second-order valence-corrected chi connectivity index (χ2v) is 8.13. The SMILES string of the molecule is COc1cccc(CCc2cc(O)c(Oc3c(OC)cc([C@H]4O[C@@H]4CO)cc3OC)c(OC)c2)c1. The molecule has 1 fully saturated rings. The zero-order chi connectivity index (χ0) is 24.9. The Balaban J connectivity index is 1.59. The number of aromatic hydroxyl groups is 1. The molecule has 35 heavy (non-hydrogen) atoms. The Morgan fingerprint density at radius 3 is 2.03 bits per heavy atom. The van der Waals surface area contributed by atoms with Crippen LogP contribution in [0.2, 0.25) is 0 Å². The fourth-order valence-corrected chi connectivity index (χ4v) is 4.00. The minimum atomic E-state index is -0.246.